The van der Waals surface area contributed by atoms with Crippen molar-refractivity contribution in [1.82, 2.24) is 0 Å². The maximum absolute atomic E-state index is 12.0. The van der Waals surface area contributed by atoms with Crippen molar-refractivity contribution in [2.75, 3.05) is 12.3 Å². The van der Waals surface area contributed by atoms with Gasteiger partial charge in [-0.05, 0) is 31.2 Å². The van der Waals surface area contributed by atoms with E-state index in [0.717, 1.165) is 19.3 Å². The van der Waals surface area contributed by atoms with Gasteiger partial charge in [0.1, 0.15) is 0 Å². The second kappa shape index (κ2) is 5.30. The first-order valence-corrected chi connectivity index (χ1v) is 7.59. The van der Waals surface area contributed by atoms with Gasteiger partial charge < -0.3 is 5.73 Å². The van der Waals surface area contributed by atoms with Crippen molar-refractivity contribution in [1.29, 1.82) is 0 Å². The zero-order valence-electron chi connectivity index (χ0n) is 9.78. The molecule has 0 saturated heterocycles. The van der Waals surface area contributed by atoms with E-state index in [9.17, 15) is 8.42 Å². The molecule has 2 N–H and O–H groups in total. The molecule has 0 aromatic carbocycles. The van der Waals surface area contributed by atoms with E-state index < -0.39 is 9.84 Å². The standard InChI is InChI=1S/C11H23NO2S/c1-9-4-3-5-11(6-9)15(13,14)8-10(2)7-12/h9-11H,3-8,12H2,1-2H3. The lowest BCUT2D eigenvalue weighted by Crippen LogP contribution is -2.32. The average molecular weight is 233 g/mol. The fourth-order valence-corrected chi connectivity index (χ4v) is 4.65. The van der Waals surface area contributed by atoms with Crippen LogP contribution in [0.15, 0.2) is 0 Å². The van der Waals surface area contributed by atoms with Gasteiger partial charge in [0.2, 0.25) is 0 Å². The average Bonchev–Trinajstić information content (AvgIpc) is 2.17. The lowest BCUT2D eigenvalue weighted by atomic mass is 9.91. The van der Waals surface area contributed by atoms with Crippen LogP contribution in [0.2, 0.25) is 0 Å². The summed E-state index contributed by atoms with van der Waals surface area (Å²) in [4.78, 5) is 0. The van der Waals surface area contributed by atoms with Gasteiger partial charge in [0.05, 0.1) is 11.0 Å². The Morgan fingerprint density at radius 3 is 2.60 bits per heavy atom. The lowest BCUT2D eigenvalue weighted by Gasteiger charge is -2.27. The van der Waals surface area contributed by atoms with Crippen LogP contribution >= 0.6 is 0 Å². The van der Waals surface area contributed by atoms with Gasteiger partial charge in [-0.25, -0.2) is 8.42 Å². The van der Waals surface area contributed by atoms with E-state index in [0.29, 0.717) is 12.5 Å². The van der Waals surface area contributed by atoms with E-state index in [4.69, 9.17) is 5.73 Å². The summed E-state index contributed by atoms with van der Waals surface area (Å²) in [6, 6.07) is 0. The van der Waals surface area contributed by atoms with Crippen LogP contribution in [0.5, 0.6) is 0 Å². The fraction of sp³-hybridized carbons (Fsp3) is 1.00. The van der Waals surface area contributed by atoms with Crippen LogP contribution in [0.25, 0.3) is 0 Å². The van der Waals surface area contributed by atoms with E-state index in [1.54, 1.807) is 0 Å². The third kappa shape index (κ3) is 3.76. The van der Waals surface area contributed by atoms with Crippen molar-refractivity contribution < 1.29 is 8.42 Å². The Morgan fingerprint density at radius 1 is 1.40 bits per heavy atom. The summed E-state index contributed by atoms with van der Waals surface area (Å²) >= 11 is 0. The Bertz CT molecular complexity index is 287. The van der Waals surface area contributed by atoms with Crippen molar-refractivity contribution in [3.05, 3.63) is 0 Å². The second-order valence-corrected chi connectivity index (χ2v) is 7.39. The highest BCUT2D eigenvalue weighted by Crippen LogP contribution is 2.29. The number of hydrogen-bond acceptors (Lipinski definition) is 3. The summed E-state index contributed by atoms with van der Waals surface area (Å²) in [6.45, 7) is 4.51. The van der Waals surface area contributed by atoms with Crippen LogP contribution in [-0.2, 0) is 9.84 Å². The highest BCUT2D eigenvalue weighted by atomic mass is 32.2. The molecule has 90 valence electrons. The van der Waals surface area contributed by atoms with Crippen molar-refractivity contribution in [2.24, 2.45) is 17.6 Å². The van der Waals surface area contributed by atoms with Crippen molar-refractivity contribution in [2.45, 2.75) is 44.8 Å². The minimum Gasteiger partial charge on any atom is -0.330 e. The highest BCUT2D eigenvalue weighted by Gasteiger charge is 2.30. The van der Waals surface area contributed by atoms with Crippen LogP contribution in [0.4, 0.5) is 0 Å². The molecule has 3 atom stereocenters. The minimum atomic E-state index is -2.91. The van der Waals surface area contributed by atoms with E-state index in [1.807, 2.05) is 6.92 Å². The van der Waals surface area contributed by atoms with Crippen molar-refractivity contribution in [3.8, 4) is 0 Å². The van der Waals surface area contributed by atoms with Gasteiger partial charge in [0.25, 0.3) is 0 Å². The van der Waals surface area contributed by atoms with Crippen LogP contribution in [0.1, 0.15) is 39.5 Å². The number of rotatable bonds is 4. The molecule has 0 aromatic rings. The molecule has 0 spiro atoms. The molecular weight excluding hydrogens is 210 g/mol. The molecule has 1 rings (SSSR count). The SMILES string of the molecule is CC1CCCC(S(=O)(=O)CC(C)CN)C1. The molecule has 0 aromatic heterocycles. The first-order valence-electron chi connectivity index (χ1n) is 5.87. The summed E-state index contributed by atoms with van der Waals surface area (Å²) in [5, 5.41) is -0.102. The lowest BCUT2D eigenvalue weighted by molar-refractivity contribution is 0.380. The van der Waals surface area contributed by atoms with Gasteiger partial charge >= 0.3 is 0 Å². The second-order valence-electron chi connectivity index (χ2n) is 5.06. The first kappa shape index (κ1) is 13.0. The molecular formula is C11H23NO2S. The molecule has 1 aliphatic rings. The van der Waals surface area contributed by atoms with Gasteiger partial charge in [-0.2, -0.15) is 0 Å². The number of hydrogen-bond donors (Lipinski definition) is 1. The molecule has 1 aliphatic carbocycles. The smallest absolute Gasteiger partial charge is 0.153 e. The molecule has 3 nitrogen and oxygen atoms in total. The maximum atomic E-state index is 12.0. The van der Waals surface area contributed by atoms with Crippen LogP contribution in [-0.4, -0.2) is 26.0 Å². The van der Waals surface area contributed by atoms with Crippen LogP contribution < -0.4 is 5.73 Å². The maximum Gasteiger partial charge on any atom is 0.153 e. The van der Waals surface area contributed by atoms with Gasteiger partial charge in [0, 0.05) is 0 Å². The predicted octanol–water partition coefficient (Wildman–Crippen LogP) is 1.57. The third-order valence-corrected chi connectivity index (χ3v) is 5.79. The van der Waals surface area contributed by atoms with Gasteiger partial charge in [-0.15, -0.1) is 0 Å². The summed E-state index contributed by atoms with van der Waals surface area (Å²) in [6.07, 6.45) is 3.93. The molecule has 0 aliphatic heterocycles. The minimum absolute atomic E-state index is 0.0900. The van der Waals surface area contributed by atoms with E-state index in [-0.39, 0.29) is 16.9 Å². The van der Waals surface area contributed by atoms with E-state index in [2.05, 4.69) is 6.92 Å². The Hall–Kier alpha value is -0.0900. The Labute approximate surface area is 93.3 Å². The molecule has 4 heteroatoms. The number of sulfone groups is 1. The Kier molecular flexibility index (Phi) is 4.59. The van der Waals surface area contributed by atoms with E-state index >= 15 is 0 Å². The molecule has 0 heterocycles. The predicted molar refractivity (Wildman–Crippen MR) is 63.4 cm³/mol. The molecule has 1 saturated carbocycles. The Balaban J connectivity index is 2.60. The number of nitrogens with two attached hydrogens (primary N) is 1. The fourth-order valence-electron chi connectivity index (χ4n) is 2.31. The monoisotopic (exact) mass is 233 g/mol. The molecule has 15 heavy (non-hydrogen) atoms. The summed E-state index contributed by atoms with van der Waals surface area (Å²) in [5.41, 5.74) is 5.47. The molecule has 0 amide bonds. The largest absolute Gasteiger partial charge is 0.330 e. The zero-order chi connectivity index (χ0) is 11.5. The van der Waals surface area contributed by atoms with Gasteiger partial charge in [0.15, 0.2) is 9.84 Å². The summed E-state index contributed by atoms with van der Waals surface area (Å²) in [7, 11) is -2.91. The molecule has 1 fully saturated rings. The summed E-state index contributed by atoms with van der Waals surface area (Å²) < 4.78 is 24.1. The normalized spacial score (nSPS) is 30.1. The van der Waals surface area contributed by atoms with Gasteiger partial charge in [-0.1, -0.05) is 26.7 Å². The topological polar surface area (TPSA) is 60.2 Å². The van der Waals surface area contributed by atoms with Crippen LogP contribution in [0, 0.1) is 11.8 Å². The molecule has 0 radical (unpaired) electrons. The van der Waals surface area contributed by atoms with Crippen molar-refractivity contribution >= 4 is 9.84 Å². The molecule has 3 unspecified atom stereocenters. The van der Waals surface area contributed by atoms with E-state index in [1.165, 1.54) is 6.42 Å². The van der Waals surface area contributed by atoms with Crippen LogP contribution in [0.3, 0.4) is 0 Å². The zero-order valence-corrected chi connectivity index (χ0v) is 10.6. The van der Waals surface area contributed by atoms with Crippen molar-refractivity contribution in [3.63, 3.8) is 0 Å². The third-order valence-electron chi connectivity index (χ3n) is 3.32. The molecule has 0 bridgehead atoms. The summed E-state index contributed by atoms with van der Waals surface area (Å²) in [5.74, 6) is 0.917. The van der Waals surface area contributed by atoms with Gasteiger partial charge in [-0.3, -0.25) is 0 Å². The Morgan fingerprint density at radius 2 is 2.07 bits per heavy atom. The first-order chi connectivity index (χ1) is 6.95. The highest BCUT2D eigenvalue weighted by molar-refractivity contribution is 7.92. The quantitative estimate of drug-likeness (QED) is 0.802.